The second-order valence-corrected chi connectivity index (χ2v) is 3.97. The Balaban J connectivity index is 2.20. The van der Waals surface area contributed by atoms with E-state index in [1.165, 1.54) is 11.3 Å². The van der Waals surface area contributed by atoms with Crippen LogP contribution in [0.4, 0.5) is 5.69 Å². The van der Waals surface area contributed by atoms with Crippen molar-refractivity contribution < 1.29 is 0 Å². The molecule has 1 atom stereocenters. The van der Waals surface area contributed by atoms with Gasteiger partial charge in [0.05, 0.1) is 11.9 Å². The summed E-state index contributed by atoms with van der Waals surface area (Å²) in [4.78, 5) is 6.64. The molecule has 0 spiro atoms. The second kappa shape index (κ2) is 3.96. The second-order valence-electron chi connectivity index (χ2n) is 3.97. The predicted molar refractivity (Wildman–Crippen MR) is 58.7 cm³/mol. The molecule has 1 N–H and O–H groups in total. The summed E-state index contributed by atoms with van der Waals surface area (Å²) in [7, 11) is 0. The molecule has 2 rings (SSSR count). The highest BCUT2D eigenvalue weighted by molar-refractivity contribution is 5.47. The van der Waals surface area contributed by atoms with Crippen LogP contribution in [-0.2, 0) is 0 Å². The Morgan fingerprint density at radius 3 is 3.07 bits per heavy atom. The van der Waals surface area contributed by atoms with E-state index in [2.05, 4.69) is 35.1 Å². The molecule has 2 heterocycles. The molecule has 3 heteroatoms. The van der Waals surface area contributed by atoms with Gasteiger partial charge in [-0.3, -0.25) is 4.98 Å². The van der Waals surface area contributed by atoms with Crippen molar-refractivity contribution in [1.82, 2.24) is 10.3 Å². The van der Waals surface area contributed by atoms with Crippen LogP contribution in [0, 0.1) is 6.92 Å². The van der Waals surface area contributed by atoms with E-state index >= 15 is 0 Å². The fraction of sp³-hybridized carbons (Fsp3) is 0.545. The highest BCUT2D eigenvalue weighted by atomic mass is 15.2. The Hall–Kier alpha value is -1.09. The maximum Gasteiger partial charge on any atom is 0.0558 e. The van der Waals surface area contributed by atoms with Gasteiger partial charge in [0.2, 0.25) is 0 Å². The molecule has 1 aliphatic heterocycles. The lowest BCUT2D eigenvalue weighted by Crippen LogP contribution is -2.49. The van der Waals surface area contributed by atoms with Crippen LogP contribution in [0.25, 0.3) is 0 Å². The third kappa shape index (κ3) is 1.87. The summed E-state index contributed by atoms with van der Waals surface area (Å²) >= 11 is 0. The Morgan fingerprint density at radius 2 is 2.36 bits per heavy atom. The fourth-order valence-electron chi connectivity index (χ4n) is 1.92. The quantitative estimate of drug-likeness (QED) is 0.722. The first-order valence-electron chi connectivity index (χ1n) is 5.16. The van der Waals surface area contributed by atoms with E-state index in [1.54, 1.807) is 0 Å². The Morgan fingerprint density at radius 1 is 1.50 bits per heavy atom. The first-order chi connectivity index (χ1) is 6.77. The van der Waals surface area contributed by atoms with Crippen molar-refractivity contribution >= 4 is 5.69 Å². The molecule has 0 aromatic carbocycles. The highest BCUT2D eigenvalue weighted by Gasteiger charge is 2.17. The predicted octanol–water partition coefficient (Wildman–Crippen LogP) is 1.19. The molecule has 1 aliphatic rings. The van der Waals surface area contributed by atoms with Gasteiger partial charge >= 0.3 is 0 Å². The van der Waals surface area contributed by atoms with Gasteiger partial charge in [0, 0.05) is 31.9 Å². The van der Waals surface area contributed by atoms with Crippen molar-refractivity contribution in [1.29, 1.82) is 0 Å². The van der Waals surface area contributed by atoms with Gasteiger partial charge in [-0.05, 0) is 25.5 Å². The normalized spacial score (nSPS) is 22.4. The van der Waals surface area contributed by atoms with E-state index in [0.717, 1.165) is 19.6 Å². The zero-order valence-electron chi connectivity index (χ0n) is 8.83. The number of aromatic nitrogens is 1. The lowest BCUT2D eigenvalue weighted by molar-refractivity contribution is 0.500. The molecule has 76 valence electrons. The first-order valence-corrected chi connectivity index (χ1v) is 5.16. The van der Waals surface area contributed by atoms with E-state index in [0.29, 0.717) is 6.04 Å². The maximum atomic E-state index is 4.23. The van der Waals surface area contributed by atoms with Crippen LogP contribution in [0.5, 0.6) is 0 Å². The summed E-state index contributed by atoms with van der Waals surface area (Å²) < 4.78 is 0. The third-order valence-electron chi connectivity index (χ3n) is 2.69. The molecule has 1 aromatic rings. The zero-order chi connectivity index (χ0) is 9.97. The number of hydrogen-bond acceptors (Lipinski definition) is 3. The van der Waals surface area contributed by atoms with E-state index in [9.17, 15) is 0 Å². The van der Waals surface area contributed by atoms with Gasteiger partial charge in [-0.15, -0.1) is 0 Å². The third-order valence-corrected chi connectivity index (χ3v) is 2.69. The molecule has 3 nitrogen and oxygen atoms in total. The van der Waals surface area contributed by atoms with Crippen molar-refractivity contribution in [2.24, 2.45) is 0 Å². The van der Waals surface area contributed by atoms with Crippen LogP contribution >= 0.6 is 0 Å². The lowest BCUT2D eigenvalue weighted by Gasteiger charge is -2.35. The molecule has 1 fully saturated rings. The maximum absolute atomic E-state index is 4.23. The molecule has 14 heavy (non-hydrogen) atoms. The molecular formula is C11H17N3. The van der Waals surface area contributed by atoms with Crippen molar-refractivity contribution in [3.8, 4) is 0 Å². The van der Waals surface area contributed by atoms with Crippen LogP contribution in [0.1, 0.15) is 12.5 Å². The van der Waals surface area contributed by atoms with Gasteiger partial charge in [-0.1, -0.05) is 0 Å². The van der Waals surface area contributed by atoms with Gasteiger partial charge in [-0.25, -0.2) is 0 Å². The minimum absolute atomic E-state index is 0.562. The number of rotatable bonds is 1. The minimum Gasteiger partial charge on any atom is -0.365 e. The summed E-state index contributed by atoms with van der Waals surface area (Å²) in [5, 5.41) is 3.39. The molecular weight excluding hydrogens is 174 g/mol. The SMILES string of the molecule is Cc1cncc(N2CCNC[C@H]2C)c1. The smallest absolute Gasteiger partial charge is 0.0558 e. The summed E-state index contributed by atoms with van der Waals surface area (Å²) in [6, 6.07) is 2.77. The van der Waals surface area contributed by atoms with Gasteiger partial charge < -0.3 is 10.2 Å². The summed E-state index contributed by atoms with van der Waals surface area (Å²) in [6.45, 7) is 7.54. The monoisotopic (exact) mass is 191 g/mol. The van der Waals surface area contributed by atoms with Crippen LogP contribution in [0.15, 0.2) is 18.5 Å². The molecule has 0 unspecified atom stereocenters. The Bertz CT molecular complexity index is 311. The van der Waals surface area contributed by atoms with Crippen LogP contribution in [0.2, 0.25) is 0 Å². The Kier molecular flexibility index (Phi) is 2.68. The number of nitrogens with one attached hydrogen (secondary N) is 1. The van der Waals surface area contributed by atoms with Crippen LogP contribution < -0.4 is 10.2 Å². The van der Waals surface area contributed by atoms with E-state index in [1.807, 2.05) is 12.4 Å². The number of pyridine rings is 1. The van der Waals surface area contributed by atoms with Gasteiger partial charge in [0.15, 0.2) is 0 Å². The van der Waals surface area contributed by atoms with Crippen molar-refractivity contribution in [3.05, 3.63) is 24.0 Å². The molecule has 0 bridgehead atoms. The summed E-state index contributed by atoms with van der Waals surface area (Å²) in [6.07, 6.45) is 3.85. The number of aryl methyl sites for hydroxylation is 1. The number of hydrogen-bond donors (Lipinski definition) is 1. The van der Waals surface area contributed by atoms with Crippen molar-refractivity contribution in [3.63, 3.8) is 0 Å². The van der Waals surface area contributed by atoms with Crippen LogP contribution in [0.3, 0.4) is 0 Å². The average Bonchev–Trinajstić information content (AvgIpc) is 2.18. The topological polar surface area (TPSA) is 28.2 Å². The van der Waals surface area contributed by atoms with Gasteiger partial charge in [-0.2, -0.15) is 0 Å². The summed E-state index contributed by atoms with van der Waals surface area (Å²) in [5.74, 6) is 0. The van der Waals surface area contributed by atoms with E-state index < -0.39 is 0 Å². The standard InChI is InChI=1S/C11H17N3/c1-9-5-11(8-13-6-9)14-4-3-12-7-10(14)2/h5-6,8,10,12H,3-4,7H2,1-2H3/t10-/m1/s1. The summed E-state index contributed by atoms with van der Waals surface area (Å²) in [5.41, 5.74) is 2.48. The minimum atomic E-state index is 0.562. The number of piperazine rings is 1. The van der Waals surface area contributed by atoms with Gasteiger partial charge in [0.25, 0.3) is 0 Å². The van der Waals surface area contributed by atoms with Crippen molar-refractivity contribution in [2.75, 3.05) is 24.5 Å². The lowest BCUT2D eigenvalue weighted by atomic mass is 10.2. The number of anilines is 1. The molecule has 1 saturated heterocycles. The van der Waals surface area contributed by atoms with E-state index in [4.69, 9.17) is 0 Å². The van der Waals surface area contributed by atoms with Gasteiger partial charge in [0.1, 0.15) is 0 Å². The fourth-order valence-corrected chi connectivity index (χ4v) is 1.92. The van der Waals surface area contributed by atoms with E-state index in [-0.39, 0.29) is 0 Å². The molecule has 0 aliphatic carbocycles. The molecule has 0 amide bonds. The number of nitrogens with zero attached hydrogens (tertiary/aromatic N) is 2. The first kappa shape index (κ1) is 9.46. The molecule has 0 saturated carbocycles. The Labute approximate surface area is 85.1 Å². The van der Waals surface area contributed by atoms with Crippen LogP contribution in [-0.4, -0.2) is 30.7 Å². The molecule has 1 aromatic heterocycles. The zero-order valence-corrected chi connectivity index (χ0v) is 8.83. The largest absolute Gasteiger partial charge is 0.365 e. The van der Waals surface area contributed by atoms with Crippen molar-refractivity contribution in [2.45, 2.75) is 19.9 Å². The highest BCUT2D eigenvalue weighted by Crippen LogP contribution is 2.17. The average molecular weight is 191 g/mol. The molecule has 0 radical (unpaired) electrons.